The summed E-state index contributed by atoms with van der Waals surface area (Å²) < 4.78 is 68.7. The van der Waals surface area contributed by atoms with E-state index in [1.54, 1.807) is 30.0 Å². The third-order valence-electron chi connectivity index (χ3n) is 10.5. The van der Waals surface area contributed by atoms with Crippen LogP contribution in [0.4, 0.5) is 30.6 Å². The van der Waals surface area contributed by atoms with E-state index in [1.165, 1.54) is 0 Å². The van der Waals surface area contributed by atoms with E-state index in [2.05, 4.69) is 34.0 Å². The summed E-state index contributed by atoms with van der Waals surface area (Å²) in [6.45, 7) is 8.72. The van der Waals surface area contributed by atoms with Gasteiger partial charge in [0, 0.05) is 31.0 Å². The van der Waals surface area contributed by atoms with Gasteiger partial charge >= 0.3 is 6.18 Å². The summed E-state index contributed by atoms with van der Waals surface area (Å²) in [7, 11) is -3.50. The Labute approximate surface area is 252 Å². The first-order valence-electron chi connectivity index (χ1n) is 15.5. The molecule has 8 nitrogen and oxygen atoms in total. The van der Waals surface area contributed by atoms with Crippen molar-refractivity contribution in [3.8, 4) is 0 Å². The lowest BCUT2D eigenvalue weighted by Gasteiger charge is -2.52. The van der Waals surface area contributed by atoms with Crippen LogP contribution in [0.25, 0.3) is 0 Å². The number of nitrogens with one attached hydrogen (secondary N) is 1. The molecule has 1 aromatic carbocycles. The van der Waals surface area contributed by atoms with Crippen LogP contribution in [0.2, 0.25) is 0 Å². The van der Waals surface area contributed by atoms with Crippen LogP contribution >= 0.6 is 0 Å². The Morgan fingerprint density at radius 3 is 2.26 bits per heavy atom. The van der Waals surface area contributed by atoms with Crippen LogP contribution in [-0.4, -0.2) is 71.5 Å². The second-order valence-electron chi connectivity index (χ2n) is 13.6. The molecule has 1 spiro atoms. The Bertz CT molecular complexity index is 1450. The number of hydrogen-bond donors (Lipinski definition) is 2. The molecule has 236 valence electrons. The highest BCUT2D eigenvalue weighted by Gasteiger charge is 2.51. The highest BCUT2D eigenvalue weighted by Crippen LogP contribution is 2.53. The maximum Gasteiger partial charge on any atom is 0.421 e. The standard InChI is InChI=1S/C31H42F3N5O3S/c1-20(2)38-12-8-29(9-13-38)17-24(18-29)43(41,42)23-6-7-26(21(3)16-23)36-28-35-19-25(31(32,33)34)27(37-28)39-14-10-30(40,11-15-39)22-4-5-22/h6-7,16,19-20,22,24,40H,4-5,8-15,17-18H2,1-3H3,(H,35,36,37). The zero-order valence-corrected chi connectivity index (χ0v) is 25.9. The minimum atomic E-state index is -4.63. The fraction of sp³-hybridized carbons (Fsp3) is 0.677. The third-order valence-corrected chi connectivity index (χ3v) is 12.6. The molecule has 2 aliphatic carbocycles. The molecule has 4 aliphatic rings. The molecule has 2 aliphatic heterocycles. The molecule has 1 aromatic heterocycles. The molecular formula is C31H42F3N5O3S. The SMILES string of the molecule is Cc1cc(S(=O)(=O)C2CC3(CCN(C(C)C)CC3)C2)ccc1Nc1ncc(C(F)(F)F)c(N2CCC(O)(C3CC3)CC2)n1. The minimum absolute atomic E-state index is 0.00147. The van der Waals surface area contributed by atoms with Crippen LogP contribution in [-0.2, 0) is 16.0 Å². The first-order chi connectivity index (χ1) is 20.2. The van der Waals surface area contributed by atoms with E-state index in [9.17, 15) is 26.7 Å². The molecule has 43 heavy (non-hydrogen) atoms. The van der Waals surface area contributed by atoms with Crippen molar-refractivity contribution in [2.24, 2.45) is 11.3 Å². The summed E-state index contributed by atoms with van der Waals surface area (Å²) in [5, 5.41) is 13.5. The summed E-state index contributed by atoms with van der Waals surface area (Å²) in [6.07, 6.45) is 2.33. The number of benzene rings is 1. The molecule has 2 N–H and O–H groups in total. The summed E-state index contributed by atoms with van der Waals surface area (Å²) in [5.41, 5.74) is -0.438. The number of likely N-dealkylation sites (tertiary alicyclic amines) is 1. The number of sulfone groups is 1. The van der Waals surface area contributed by atoms with Gasteiger partial charge in [-0.15, -0.1) is 0 Å². The van der Waals surface area contributed by atoms with Crippen molar-refractivity contribution < 1.29 is 26.7 Å². The highest BCUT2D eigenvalue weighted by molar-refractivity contribution is 7.92. The van der Waals surface area contributed by atoms with Gasteiger partial charge < -0.3 is 20.2 Å². The largest absolute Gasteiger partial charge is 0.421 e. The first-order valence-corrected chi connectivity index (χ1v) is 17.0. The summed E-state index contributed by atoms with van der Waals surface area (Å²) in [5.74, 6) is 0.0266. The van der Waals surface area contributed by atoms with Crippen molar-refractivity contribution >= 4 is 27.3 Å². The molecule has 3 heterocycles. The van der Waals surface area contributed by atoms with Crippen LogP contribution in [0.15, 0.2) is 29.3 Å². The van der Waals surface area contributed by atoms with Gasteiger partial charge in [0.05, 0.1) is 15.7 Å². The molecule has 2 saturated heterocycles. The first kappa shape index (κ1) is 30.6. The summed E-state index contributed by atoms with van der Waals surface area (Å²) in [6, 6.07) is 5.32. The van der Waals surface area contributed by atoms with E-state index in [-0.39, 0.29) is 46.3 Å². The number of halogens is 3. The maximum absolute atomic E-state index is 13.9. The predicted molar refractivity (Wildman–Crippen MR) is 159 cm³/mol. The van der Waals surface area contributed by atoms with Crippen molar-refractivity contribution in [1.82, 2.24) is 14.9 Å². The molecular weight excluding hydrogens is 579 g/mol. The van der Waals surface area contributed by atoms with Gasteiger partial charge in [0.1, 0.15) is 11.4 Å². The summed E-state index contributed by atoms with van der Waals surface area (Å²) in [4.78, 5) is 12.5. The molecule has 12 heteroatoms. The molecule has 0 amide bonds. The zero-order chi connectivity index (χ0) is 30.8. The van der Waals surface area contributed by atoms with Gasteiger partial charge in [-0.3, -0.25) is 0 Å². The van der Waals surface area contributed by atoms with Gasteiger partial charge in [-0.2, -0.15) is 18.2 Å². The number of anilines is 3. The van der Waals surface area contributed by atoms with Gasteiger partial charge in [0.25, 0.3) is 0 Å². The molecule has 4 fully saturated rings. The van der Waals surface area contributed by atoms with Crippen LogP contribution < -0.4 is 10.2 Å². The van der Waals surface area contributed by atoms with E-state index in [1.807, 2.05) is 0 Å². The number of piperidine rings is 2. The lowest BCUT2D eigenvalue weighted by Crippen LogP contribution is -2.52. The van der Waals surface area contributed by atoms with Crippen LogP contribution in [0.3, 0.4) is 0 Å². The number of rotatable bonds is 7. The minimum Gasteiger partial charge on any atom is -0.389 e. The maximum atomic E-state index is 13.9. The number of nitrogens with zero attached hydrogens (tertiary/aromatic N) is 4. The van der Waals surface area contributed by atoms with E-state index in [0.29, 0.717) is 43.0 Å². The lowest BCUT2D eigenvalue weighted by atomic mass is 9.63. The molecule has 0 unspecified atom stereocenters. The summed E-state index contributed by atoms with van der Waals surface area (Å²) >= 11 is 0. The second kappa shape index (κ2) is 10.9. The number of aryl methyl sites for hydroxylation is 1. The van der Waals surface area contributed by atoms with Gasteiger partial charge in [-0.1, -0.05) is 0 Å². The van der Waals surface area contributed by atoms with Crippen LogP contribution in [0.1, 0.15) is 76.3 Å². The smallest absolute Gasteiger partial charge is 0.389 e. The van der Waals surface area contributed by atoms with Crippen LogP contribution in [0, 0.1) is 18.3 Å². The number of aliphatic hydroxyl groups is 1. The number of alkyl halides is 3. The quantitative estimate of drug-likeness (QED) is 0.406. The Morgan fingerprint density at radius 1 is 1.05 bits per heavy atom. The topological polar surface area (TPSA) is 98.7 Å². The second-order valence-corrected chi connectivity index (χ2v) is 15.8. The van der Waals surface area contributed by atoms with Crippen molar-refractivity contribution in [3.05, 3.63) is 35.5 Å². The van der Waals surface area contributed by atoms with Gasteiger partial charge in [0.15, 0.2) is 9.84 Å². The van der Waals surface area contributed by atoms with Crippen molar-refractivity contribution in [3.63, 3.8) is 0 Å². The van der Waals surface area contributed by atoms with Gasteiger partial charge in [-0.25, -0.2) is 13.4 Å². The van der Waals surface area contributed by atoms with E-state index < -0.39 is 27.2 Å². The number of aromatic nitrogens is 2. The van der Waals surface area contributed by atoms with Crippen molar-refractivity contribution in [1.29, 1.82) is 0 Å². The molecule has 0 radical (unpaired) electrons. The van der Waals surface area contributed by atoms with Crippen LogP contribution in [0.5, 0.6) is 0 Å². The molecule has 6 rings (SSSR count). The Hall–Kier alpha value is -2.44. The van der Waals surface area contributed by atoms with Crippen molar-refractivity contribution in [2.75, 3.05) is 36.4 Å². The van der Waals surface area contributed by atoms with Gasteiger partial charge in [0.2, 0.25) is 5.95 Å². The molecule has 2 aromatic rings. The average Bonchev–Trinajstić information content (AvgIpc) is 3.79. The van der Waals surface area contributed by atoms with E-state index in [4.69, 9.17) is 0 Å². The highest BCUT2D eigenvalue weighted by atomic mass is 32.2. The normalized spacial score (nSPS) is 23.0. The monoisotopic (exact) mass is 621 g/mol. The lowest BCUT2D eigenvalue weighted by molar-refractivity contribution is -0.137. The Morgan fingerprint density at radius 2 is 1.70 bits per heavy atom. The van der Waals surface area contributed by atoms with E-state index in [0.717, 1.165) is 45.0 Å². The third kappa shape index (κ3) is 5.99. The number of hydrogen-bond acceptors (Lipinski definition) is 8. The molecule has 2 saturated carbocycles. The Balaban J connectivity index is 1.15. The van der Waals surface area contributed by atoms with Gasteiger partial charge in [-0.05, 0) is 120 Å². The van der Waals surface area contributed by atoms with Crippen molar-refractivity contribution in [2.45, 2.75) is 100 Å². The molecule has 0 atom stereocenters. The Kier molecular flexibility index (Phi) is 7.73. The molecule has 0 bridgehead atoms. The van der Waals surface area contributed by atoms with E-state index >= 15 is 0 Å². The fourth-order valence-electron chi connectivity index (χ4n) is 7.32. The predicted octanol–water partition coefficient (Wildman–Crippen LogP) is 5.72. The fourth-order valence-corrected chi connectivity index (χ4v) is 9.45. The average molecular weight is 622 g/mol. The zero-order valence-electron chi connectivity index (χ0n) is 25.1.